The zero-order valence-electron chi connectivity index (χ0n) is 11.4. The van der Waals surface area contributed by atoms with Crippen molar-refractivity contribution in [3.63, 3.8) is 0 Å². The standard InChI is InChI=1S/C3H8N2O.C3H6O2.C2H8N2O2S/c1-4-3(6)5-2;1-3(4)5-2;1-3-7(5,6)4-2/h1-2H3,(H2,4,5,6);1-2H3;3-4H,1-2H3. The summed E-state index contributed by atoms with van der Waals surface area (Å²) in [6.07, 6.45) is 0. The molecule has 9 nitrogen and oxygen atoms in total. The molecule has 0 fully saturated rings. The van der Waals surface area contributed by atoms with Crippen molar-refractivity contribution in [2.75, 3.05) is 35.3 Å². The molecule has 4 N–H and O–H groups in total. The Hall–Kier alpha value is -1.39. The van der Waals surface area contributed by atoms with Gasteiger partial charge in [0.2, 0.25) is 0 Å². The highest BCUT2D eigenvalue weighted by molar-refractivity contribution is 7.87. The Labute approximate surface area is 108 Å². The van der Waals surface area contributed by atoms with E-state index in [4.69, 9.17) is 0 Å². The normalized spacial score (nSPS) is 8.78. The number of urea groups is 1. The summed E-state index contributed by atoms with van der Waals surface area (Å²) >= 11 is 0. The highest BCUT2D eigenvalue weighted by atomic mass is 32.2. The largest absolute Gasteiger partial charge is 0.469 e. The van der Waals surface area contributed by atoms with Crippen LogP contribution in [0.3, 0.4) is 0 Å². The number of nitrogens with one attached hydrogen (secondary N) is 4. The molecule has 0 saturated carbocycles. The first-order chi connectivity index (χ1) is 8.20. The van der Waals surface area contributed by atoms with Crippen molar-refractivity contribution in [1.29, 1.82) is 0 Å². The second-order valence-corrected chi connectivity index (χ2v) is 4.26. The van der Waals surface area contributed by atoms with Crippen molar-refractivity contribution in [2.45, 2.75) is 6.92 Å². The zero-order chi connectivity index (χ0) is 15.2. The molecule has 10 heteroatoms. The molecule has 0 aromatic heterocycles. The third-order valence-electron chi connectivity index (χ3n) is 1.28. The average molecular weight is 286 g/mol. The predicted molar refractivity (Wildman–Crippen MR) is 68.2 cm³/mol. The number of carbonyl (C=O) groups excluding carboxylic acids is 2. The van der Waals surface area contributed by atoms with E-state index in [1.165, 1.54) is 28.1 Å². The first-order valence-corrected chi connectivity index (χ1v) is 6.25. The van der Waals surface area contributed by atoms with E-state index in [9.17, 15) is 18.0 Å². The number of hydrogen-bond acceptors (Lipinski definition) is 5. The lowest BCUT2D eigenvalue weighted by molar-refractivity contribution is -0.137. The summed E-state index contributed by atoms with van der Waals surface area (Å²) in [6.45, 7) is 1.36. The van der Waals surface area contributed by atoms with Gasteiger partial charge in [-0.3, -0.25) is 4.79 Å². The number of ether oxygens (including phenoxy) is 1. The van der Waals surface area contributed by atoms with Crippen LogP contribution in [0.15, 0.2) is 0 Å². The summed E-state index contributed by atoms with van der Waals surface area (Å²) in [5.74, 6) is -0.245. The van der Waals surface area contributed by atoms with Crippen LogP contribution in [-0.4, -0.2) is 55.7 Å². The van der Waals surface area contributed by atoms with Gasteiger partial charge in [-0.05, 0) is 0 Å². The first-order valence-electron chi connectivity index (χ1n) is 4.76. The molecule has 0 unspecified atom stereocenters. The Morgan fingerprint density at radius 2 is 1.22 bits per heavy atom. The molecule has 0 spiro atoms. The lowest BCUT2D eigenvalue weighted by Crippen LogP contribution is -2.30. The van der Waals surface area contributed by atoms with E-state index in [0.29, 0.717) is 0 Å². The molecule has 0 aromatic rings. The molecule has 0 bridgehead atoms. The number of hydrogen-bond donors (Lipinski definition) is 4. The van der Waals surface area contributed by atoms with E-state index in [2.05, 4.69) is 24.8 Å². The molecule has 0 heterocycles. The van der Waals surface area contributed by atoms with Crippen molar-refractivity contribution < 1.29 is 22.7 Å². The molecule has 0 saturated heterocycles. The van der Waals surface area contributed by atoms with Gasteiger partial charge in [-0.2, -0.15) is 8.42 Å². The van der Waals surface area contributed by atoms with Crippen LogP contribution in [0.25, 0.3) is 0 Å². The van der Waals surface area contributed by atoms with E-state index in [1.54, 1.807) is 14.1 Å². The molecular weight excluding hydrogens is 264 g/mol. The van der Waals surface area contributed by atoms with Crippen LogP contribution in [-0.2, 0) is 19.7 Å². The van der Waals surface area contributed by atoms with Gasteiger partial charge in [-0.15, -0.1) is 0 Å². The zero-order valence-corrected chi connectivity index (χ0v) is 12.3. The third kappa shape index (κ3) is 24.0. The van der Waals surface area contributed by atoms with Crippen LogP contribution >= 0.6 is 0 Å². The lowest BCUT2D eigenvalue weighted by Gasteiger charge is -1.94. The lowest BCUT2D eigenvalue weighted by atomic mass is 10.8. The molecule has 0 aliphatic rings. The monoisotopic (exact) mass is 286 g/mol. The maximum atomic E-state index is 10.1. The van der Waals surface area contributed by atoms with Crippen LogP contribution in [0.1, 0.15) is 6.92 Å². The molecule has 0 aliphatic carbocycles. The highest BCUT2D eigenvalue weighted by Gasteiger charge is 1.96. The molecular formula is C8H22N4O5S. The fraction of sp³-hybridized carbons (Fsp3) is 0.750. The SMILES string of the molecule is CNC(=O)NC.CNS(=O)(=O)NC.COC(C)=O. The van der Waals surface area contributed by atoms with Crippen molar-refractivity contribution >= 4 is 22.2 Å². The minimum absolute atomic E-state index is 0.157. The summed E-state index contributed by atoms with van der Waals surface area (Å²) < 4.78 is 28.5. The minimum atomic E-state index is -3.16. The number of esters is 1. The highest BCUT2D eigenvalue weighted by Crippen LogP contribution is 1.63. The Morgan fingerprint density at radius 3 is 1.22 bits per heavy atom. The van der Waals surface area contributed by atoms with E-state index in [0.717, 1.165) is 0 Å². The van der Waals surface area contributed by atoms with Gasteiger partial charge in [0.15, 0.2) is 0 Å². The summed E-state index contributed by atoms with van der Waals surface area (Å²) in [5.41, 5.74) is 0. The maximum Gasteiger partial charge on any atom is 0.314 e. The fourth-order valence-electron chi connectivity index (χ4n) is 0.227. The number of methoxy groups -OCH3 is 1. The molecule has 0 radical (unpaired) electrons. The van der Waals surface area contributed by atoms with Gasteiger partial charge in [0.1, 0.15) is 0 Å². The van der Waals surface area contributed by atoms with E-state index in [-0.39, 0.29) is 12.0 Å². The molecule has 18 heavy (non-hydrogen) atoms. The van der Waals surface area contributed by atoms with Gasteiger partial charge in [-0.1, -0.05) is 0 Å². The second kappa shape index (κ2) is 13.7. The van der Waals surface area contributed by atoms with Gasteiger partial charge in [-0.25, -0.2) is 14.2 Å². The molecule has 0 aromatic carbocycles. The Bertz CT molecular complexity index is 301. The molecule has 0 rings (SSSR count). The Balaban J connectivity index is -0.000000190. The van der Waals surface area contributed by atoms with Gasteiger partial charge >= 0.3 is 12.0 Å². The van der Waals surface area contributed by atoms with Gasteiger partial charge in [0.05, 0.1) is 7.11 Å². The van der Waals surface area contributed by atoms with Crippen molar-refractivity contribution in [1.82, 2.24) is 20.1 Å². The van der Waals surface area contributed by atoms with Gasteiger partial charge in [0.25, 0.3) is 10.2 Å². The summed E-state index contributed by atoms with van der Waals surface area (Å²) in [6, 6.07) is -0.157. The van der Waals surface area contributed by atoms with Crippen LogP contribution in [0.4, 0.5) is 4.79 Å². The first kappa shape index (κ1) is 21.9. The van der Waals surface area contributed by atoms with Crippen LogP contribution < -0.4 is 20.1 Å². The topological polar surface area (TPSA) is 126 Å². The predicted octanol–water partition coefficient (Wildman–Crippen LogP) is -1.61. The van der Waals surface area contributed by atoms with Gasteiger partial charge in [0, 0.05) is 35.1 Å². The summed E-state index contributed by atoms with van der Waals surface area (Å²) in [7, 11) is 4.01. The number of carbonyl (C=O) groups is 2. The smallest absolute Gasteiger partial charge is 0.314 e. The molecule has 0 atom stereocenters. The summed E-state index contributed by atoms with van der Waals surface area (Å²) in [5, 5.41) is 4.73. The average Bonchev–Trinajstić information content (AvgIpc) is 2.39. The van der Waals surface area contributed by atoms with Crippen molar-refractivity contribution in [3.8, 4) is 0 Å². The van der Waals surface area contributed by atoms with Crippen molar-refractivity contribution in [3.05, 3.63) is 0 Å². The fourth-order valence-corrected chi connectivity index (χ4v) is 0.431. The van der Waals surface area contributed by atoms with E-state index >= 15 is 0 Å². The molecule has 110 valence electrons. The van der Waals surface area contributed by atoms with Crippen LogP contribution in [0.5, 0.6) is 0 Å². The Kier molecular flexibility index (Phi) is 16.6. The maximum absolute atomic E-state index is 10.1. The summed E-state index contributed by atoms with van der Waals surface area (Å²) in [4.78, 5) is 19.5. The quantitative estimate of drug-likeness (QED) is 0.455. The minimum Gasteiger partial charge on any atom is -0.469 e. The molecule has 0 aliphatic heterocycles. The third-order valence-corrected chi connectivity index (χ3v) is 2.35. The van der Waals surface area contributed by atoms with Gasteiger partial charge < -0.3 is 15.4 Å². The van der Waals surface area contributed by atoms with E-state index in [1.807, 2.05) is 0 Å². The Morgan fingerprint density at radius 1 is 0.944 bits per heavy atom. The van der Waals surface area contributed by atoms with E-state index < -0.39 is 10.2 Å². The van der Waals surface area contributed by atoms with Crippen molar-refractivity contribution in [2.24, 2.45) is 0 Å². The second-order valence-electron chi connectivity index (χ2n) is 2.44. The number of rotatable bonds is 2. The number of amides is 2. The van der Waals surface area contributed by atoms with Crippen LogP contribution in [0, 0.1) is 0 Å². The molecule has 2 amide bonds. The van der Waals surface area contributed by atoms with Crippen LogP contribution in [0.2, 0.25) is 0 Å².